The van der Waals surface area contributed by atoms with E-state index in [-0.39, 0.29) is 16.6 Å². The Labute approximate surface area is 199 Å². The van der Waals surface area contributed by atoms with E-state index in [9.17, 15) is 18.8 Å². The molecule has 1 aliphatic heterocycles. The van der Waals surface area contributed by atoms with E-state index in [0.717, 1.165) is 17.4 Å². The van der Waals surface area contributed by atoms with E-state index in [1.807, 2.05) is 9.80 Å². The monoisotopic (exact) mass is 484 g/mol. The molecule has 2 aliphatic rings. The van der Waals surface area contributed by atoms with Crippen LogP contribution in [0.2, 0.25) is 0 Å². The zero-order valence-electron chi connectivity index (χ0n) is 19.3. The summed E-state index contributed by atoms with van der Waals surface area (Å²) in [6.45, 7) is 2.74. The predicted molar refractivity (Wildman–Crippen MR) is 127 cm³/mol. The molecule has 1 aromatic carbocycles. The van der Waals surface area contributed by atoms with Crippen molar-refractivity contribution in [3.05, 3.63) is 68.1 Å². The number of fused-ring (bicyclic) bond motifs is 1. The Hall–Kier alpha value is -3.60. The van der Waals surface area contributed by atoms with Crippen LogP contribution in [-0.4, -0.2) is 58.6 Å². The first-order valence-electron chi connectivity index (χ1n) is 11.7. The van der Waals surface area contributed by atoms with Crippen LogP contribution < -0.4 is 21.5 Å². The van der Waals surface area contributed by atoms with Crippen LogP contribution in [0, 0.1) is 17.7 Å². The molecule has 1 saturated heterocycles. The Kier molecular flexibility index (Phi) is 6.10. The number of H-pyrrole nitrogens is 1. The minimum atomic E-state index is -0.712. The standard InChI is InChI=1S/C24H26F2N6O3/c1-27-22(33)17-6-7-18(21(26)28-17)31-10-8-30(9-11-31)13-15-4-5-16-20(19(15)25)29-24(35)32(23(16)34)12-14-2-3-14/h4-7,14H,2-3,8-13H2,1H3,(H,27,33)(H,29,35). The number of hydrogen-bond donors (Lipinski definition) is 2. The van der Waals surface area contributed by atoms with Crippen LogP contribution in [-0.2, 0) is 13.1 Å². The number of piperazine rings is 1. The van der Waals surface area contributed by atoms with Gasteiger partial charge in [0.25, 0.3) is 11.5 Å². The van der Waals surface area contributed by atoms with Crippen molar-refractivity contribution in [1.29, 1.82) is 0 Å². The van der Waals surface area contributed by atoms with Gasteiger partial charge >= 0.3 is 5.69 Å². The zero-order chi connectivity index (χ0) is 24.7. The molecule has 1 saturated carbocycles. The lowest BCUT2D eigenvalue weighted by Gasteiger charge is -2.36. The molecule has 0 radical (unpaired) electrons. The van der Waals surface area contributed by atoms with Crippen LogP contribution in [0.4, 0.5) is 14.5 Å². The fourth-order valence-corrected chi connectivity index (χ4v) is 4.48. The van der Waals surface area contributed by atoms with Crippen LogP contribution in [0.25, 0.3) is 10.9 Å². The van der Waals surface area contributed by atoms with Crippen molar-refractivity contribution in [2.24, 2.45) is 5.92 Å². The van der Waals surface area contributed by atoms with Gasteiger partial charge in [0.2, 0.25) is 5.95 Å². The molecule has 0 spiro atoms. The van der Waals surface area contributed by atoms with E-state index in [0.29, 0.717) is 56.4 Å². The summed E-state index contributed by atoms with van der Waals surface area (Å²) in [5, 5.41) is 2.58. The smallest absolute Gasteiger partial charge is 0.328 e. The number of anilines is 1. The summed E-state index contributed by atoms with van der Waals surface area (Å²) in [6.07, 6.45) is 1.99. The molecule has 3 aromatic rings. The molecule has 2 aromatic heterocycles. The van der Waals surface area contributed by atoms with Crippen LogP contribution in [0.3, 0.4) is 0 Å². The first-order valence-corrected chi connectivity index (χ1v) is 11.7. The lowest BCUT2D eigenvalue weighted by Crippen LogP contribution is -2.46. The highest BCUT2D eigenvalue weighted by atomic mass is 19.1. The highest BCUT2D eigenvalue weighted by Gasteiger charge is 2.25. The Bertz CT molecular complexity index is 1410. The number of carbonyl (C=O) groups is 1. The van der Waals surface area contributed by atoms with Gasteiger partial charge in [-0.05, 0) is 37.0 Å². The Balaban J connectivity index is 1.29. The number of pyridine rings is 1. The average molecular weight is 485 g/mol. The normalized spacial score (nSPS) is 16.6. The molecule has 0 bridgehead atoms. The first kappa shape index (κ1) is 23.2. The molecule has 0 unspecified atom stereocenters. The molecule has 1 aliphatic carbocycles. The molecule has 2 fully saturated rings. The van der Waals surface area contributed by atoms with Crippen molar-refractivity contribution >= 4 is 22.5 Å². The van der Waals surface area contributed by atoms with Gasteiger partial charge in [0.1, 0.15) is 5.69 Å². The molecule has 184 valence electrons. The van der Waals surface area contributed by atoms with E-state index < -0.39 is 28.9 Å². The van der Waals surface area contributed by atoms with Crippen LogP contribution in [0.5, 0.6) is 0 Å². The Morgan fingerprint density at radius 2 is 1.86 bits per heavy atom. The number of nitrogens with one attached hydrogen (secondary N) is 2. The van der Waals surface area contributed by atoms with Gasteiger partial charge in [-0.3, -0.25) is 19.1 Å². The SMILES string of the molecule is CNC(=O)c1ccc(N2CCN(Cc3ccc4c(=O)n(CC5CC5)c(=O)[nH]c4c3F)CC2)c(F)n1. The molecule has 9 nitrogen and oxygen atoms in total. The van der Waals surface area contributed by atoms with Gasteiger partial charge in [-0.1, -0.05) is 6.07 Å². The summed E-state index contributed by atoms with van der Waals surface area (Å²) in [6, 6.07) is 6.18. The van der Waals surface area contributed by atoms with E-state index >= 15 is 4.39 Å². The van der Waals surface area contributed by atoms with Gasteiger partial charge in [-0.15, -0.1) is 0 Å². The summed E-state index contributed by atoms with van der Waals surface area (Å²) in [5.74, 6) is -1.43. The van der Waals surface area contributed by atoms with Crippen LogP contribution >= 0.6 is 0 Å². The van der Waals surface area contributed by atoms with Gasteiger partial charge in [-0.25, -0.2) is 14.2 Å². The second kappa shape index (κ2) is 9.21. The largest absolute Gasteiger partial charge is 0.365 e. The van der Waals surface area contributed by atoms with Gasteiger partial charge in [-0.2, -0.15) is 4.39 Å². The maximum absolute atomic E-state index is 15.3. The van der Waals surface area contributed by atoms with Crippen molar-refractivity contribution in [2.75, 3.05) is 38.1 Å². The van der Waals surface area contributed by atoms with E-state index in [4.69, 9.17) is 0 Å². The van der Waals surface area contributed by atoms with Crippen molar-refractivity contribution in [3.63, 3.8) is 0 Å². The molecular formula is C24H26F2N6O3. The number of hydrogen-bond acceptors (Lipinski definition) is 6. The van der Waals surface area contributed by atoms with E-state index in [1.165, 1.54) is 19.2 Å². The molecule has 11 heteroatoms. The number of halogens is 2. The van der Waals surface area contributed by atoms with Crippen LogP contribution in [0.15, 0.2) is 33.9 Å². The number of aromatic nitrogens is 3. The predicted octanol–water partition coefficient (Wildman–Crippen LogP) is 1.45. The summed E-state index contributed by atoms with van der Waals surface area (Å²) in [4.78, 5) is 47.0. The minimum absolute atomic E-state index is 0.0107. The highest BCUT2D eigenvalue weighted by Crippen LogP contribution is 2.30. The molecule has 35 heavy (non-hydrogen) atoms. The Morgan fingerprint density at radius 3 is 2.51 bits per heavy atom. The van der Waals surface area contributed by atoms with Crippen molar-refractivity contribution in [3.8, 4) is 0 Å². The minimum Gasteiger partial charge on any atom is -0.365 e. The third kappa shape index (κ3) is 4.55. The number of aromatic amines is 1. The number of carbonyl (C=O) groups excluding carboxylic acids is 1. The summed E-state index contributed by atoms with van der Waals surface area (Å²) < 4.78 is 30.9. The van der Waals surface area contributed by atoms with Gasteiger partial charge in [0.15, 0.2) is 5.82 Å². The molecule has 3 heterocycles. The molecule has 0 atom stereocenters. The molecular weight excluding hydrogens is 458 g/mol. The van der Waals surface area contributed by atoms with Gasteiger partial charge < -0.3 is 15.2 Å². The fraction of sp³-hybridized carbons (Fsp3) is 0.417. The second-order valence-corrected chi connectivity index (χ2v) is 9.10. The van der Waals surface area contributed by atoms with Crippen molar-refractivity contribution in [1.82, 2.24) is 24.8 Å². The lowest BCUT2D eigenvalue weighted by atomic mass is 10.1. The lowest BCUT2D eigenvalue weighted by molar-refractivity contribution is 0.0957. The maximum Gasteiger partial charge on any atom is 0.328 e. The number of nitrogens with zero attached hydrogens (tertiary/aromatic N) is 4. The summed E-state index contributed by atoms with van der Waals surface area (Å²) in [7, 11) is 1.45. The maximum atomic E-state index is 15.3. The third-order valence-electron chi connectivity index (χ3n) is 6.71. The third-order valence-corrected chi connectivity index (χ3v) is 6.71. The van der Waals surface area contributed by atoms with Gasteiger partial charge in [0.05, 0.1) is 16.6 Å². The highest BCUT2D eigenvalue weighted by molar-refractivity contribution is 5.92. The van der Waals surface area contributed by atoms with Crippen LogP contribution in [0.1, 0.15) is 28.9 Å². The van der Waals surface area contributed by atoms with E-state index in [2.05, 4.69) is 15.3 Å². The topological polar surface area (TPSA) is 103 Å². The molecule has 5 rings (SSSR count). The Morgan fingerprint density at radius 1 is 1.11 bits per heavy atom. The van der Waals surface area contributed by atoms with E-state index in [1.54, 1.807) is 12.1 Å². The quantitative estimate of drug-likeness (QED) is 0.514. The van der Waals surface area contributed by atoms with Gasteiger partial charge in [0, 0.05) is 51.9 Å². The average Bonchev–Trinajstić information content (AvgIpc) is 3.68. The zero-order valence-corrected chi connectivity index (χ0v) is 19.3. The summed E-state index contributed by atoms with van der Waals surface area (Å²) in [5.41, 5.74) is -0.410. The number of amides is 1. The number of benzene rings is 1. The molecule has 2 N–H and O–H groups in total. The summed E-state index contributed by atoms with van der Waals surface area (Å²) >= 11 is 0. The van der Waals surface area contributed by atoms with Crippen molar-refractivity contribution in [2.45, 2.75) is 25.9 Å². The second-order valence-electron chi connectivity index (χ2n) is 9.10. The van der Waals surface area contributed by atoms with Crippen molar-refractivity contribution < 1.29 is 13.6 Å². The number of rotatable bonds is 6. The molecule has 1 amide bonds. The fourth-order valence-electron chi connectivity index (χ4n) is 4.48. The first-order chi connectivity index (χ1) is 16.9.